The van der Waals surface area contributed by atoms with Crippen LogP contribution in [0.1, 0.15) is 17.3 Å². The summed E-state index contributed by atoms with van der Waals surface area (Å²) in [6.45, 7) is 2.19. The van der Waals surface area contributed by atoms with Crippen molar-refractivity contribution in [3.63, 3.8) is 0 Å². The summed E-state index contributed by atoms with van der Waals surface area (Å²) in [6, 6.07) is 8.76. The lowest BCUT2D eigenvalue weighted by Gasteiger charge is -2.09. The van der Waals surface area contributed by atoms with Crippen LogP contribution >= 0.6 is 0 Å². The number of nitrogens with zero attached hydrogens (tertiary/aromatic N) is 1. The zero-order valence-corrected chi connectivity index (χ0v) is 11.3. The van der Waals surface area contributed by atoms with Crippen LogP contribution in [-0.4, -0.2) is 29.8 Å². The van der Waals surface area contributed by atoms with Crippen LogP contribution in [0, 0.1) is 0 Å². The Labute approximate surface area is 116 Å². The van der Waals surface area contributed by atoms with Gasteiger partial charge in [0.15, 0.2) is 5.75 Å². The zero-order chi connectivity index (χ0) is 14.5. The third-order valence-corrected chi connectivity index (χ3v) is 2.78. The van der Waals surface area contributed by atoms with Gasteiger partial charge in [0.2, 0.25) is 0 Å². The zero-order valence-electron chi connectivity index (χ0n) is 11.3. The molecule has 1 aromatic carbocycles. The van der Waals surface area contributed by atoms with E-state index in [-0.39, 0.29) is 11.3 Å². The highest BCUT2D eigenvalue weighted by molar-refractivity contribution is 5.92. The molecule has 1 heterocycles. The Bertz CT molecular complexity index is 608. The Balaban J connectivity index is 2.41. The molecule has 0 bridgehead atoms. The lowest BCUT2D eigenvalue weighted by Crippen LogP contribution is -2.04. The summed E-state index contributed by atoms with van der Waals surface area (Å²) in [5.41, 5.74) is 1.50. The van der Waals surface area contributed by atoms with Gasteiger partial charge in [-0.3, -0.25) is 4.98 Å². The van der Waals surface area contributed by atoms with Crippen molar-refractivity contribution in [3.8, 4) is 22.8 Å². The normalized spacial score (nSPS) is 10.1. The van der Waals surface area contributed by atoms with E-state index >= 15 is 0 Å². The second kappa shape index (κ2) is 6.06. The van der Waals surface area contributed by atoms with Gasteiger partial charge in [-0.25, -0.2) is 4.79 Å². The minimum atomic E-state index is -1.04. The molecule has 2 rings (SSSR count). The van der Waals surface area contributed by atoms with Crippen LogP contribution in [0.5, 0.6) is 11.5 Å². The molecule has 0 saturated heterocycles. The molecule has 0 saturated carbocycles. The maximum absolute atomic E-state index is 11.3. The second-order valence-electron chi connectivity index (χ2n) is 4.03. The molecule has 0 unspecified atom stereocenters. The third-order valence-electron chi connectivity index (χ3n) is 2.78. The number of aromatic nitrogens is 1. The van der Waals surface area contributed by atoms with Crippen LogP contribution in [0.15, 0.2) is 36.5 Å². The Morgan fingerprint density at radius 3 is 2.55 bits per heavy atom. The summed E-state index contributed by atoms with van der Waals surface area (Å²) >= 11 is 0. The van der Waals surface area contributed by atoms with Gasteiger partial charge in [-0.2, -0.15) is 0 Å². The number of pyridine rings is 1. The summed E-state index contributed by atoms with van der Waals surface area (Å²) in [6.07, 6.45) is 1.44. The average molecular weight is 273 g/mol. The largest absolute Gasteiger partial charge is 0.497 e. The number of rotatable bonds is 5. The van der Waals surface area contributed by atoms with Crippen LogP contribution in [0.3, 0.4) is 0 Å². The fraction of sp³-hybridized carbons (Fsp3) is 0.200. The maximum Gasteiger partial charge on any atom is 0.339 e. The van der Waals surface area contributed by atoms with E-state index in [0.717, 1.165) is 11.3 Å². The first-order valence-electron chi connectivity index (χ1n) is 6.16. The van der Waals surface area contributed by atoms with Crippen molar-refractivity contribution >= 4 is 5.97 Å². The molecule has 0 aliphatic heterocycles. The molecular weight excluding hydrogens is 258 g/mol. The number of carboxylic acids is 1. The number of methoxy groups -OCH3 is 1. The van der Waals surface area contributed by atoms with Gasteiger partial charge in [-0.1, -0.05) is 0 Å². The second-order valence-corrected chi connectivity index (χ2v) is 4.03. The van der Waals surface area contributed by atoms with E-state index in [1.54, 1.807) is 26.2 Å². The Hall–Kier alpha value is -2.56. The fourth-order valence-electron chi connectivity index (χ4n) is 1.80. The van der Waals surface area contributed by atoms with Gasteiger partial charge in [-0.05, 0) is 37.3 Å². The Morgan fingerprint density at radius 1 is 1.30 bits per heavy atom. The first kappa shape index (κ1) is 13.9. The van der Waals surface area contributed by atoms with Crippen molar-refractivity contribution < 1.29 is 19.4 Å². The highest BCUT2D eigenvalue weighted by atomic mass is 16.5. The monoisotopic (exact) mass is 273 g/mol. The summed E-state index contributed by atoms with van der Waals surface area (Å²) in [4.78, 5) is 15.5. The standard InChI is InChI=1S/C15H15NO4/c1-3-20-14-9-16-13(8-12(14)15(17)18)10-4-6-11(19-2)7-5-10/h4-9H,3H2,1-2H3,(H,17,18). The highest BCUT2D eigenvalue weighted by Crippen LogP contribution is 2.25. The van der Waals surface area contributed by atoms with E-state index in [0.29, 0.717) is 12.3 Å². The van der Waals surface area contributed by atoms with Crippen molar-refractivity contribution in [1.29, 1.82) is 0 Å². The van der Waals surface area contributed by atoms with Gasteiger partial charge >= 0.3 is 5.97 Å². The van der Waals surface area contributed by atoms with Crippen LogP contribution in [0.25, 0.3) is 11.3 Å². The first-order valence-corrected chi connectivity index (χ1v) is 6.16. The van der Waals surface area contributed by atoms with Gasteiger partial charge in [0.25, 0.3) is 0 Å². The highest BCUT2D eigenvalue weighted by Gasteiger charge is 2.14. The molecule has 1 N–H and O–H groups in total. The van der Waals surface area contributed by atoms with Crippen molar-refractivity contribution in [2.45, 2.75) is 6.92 Å². The molecule has 104 valence electrons. The Morgan fingerprint density at radius 2 is 2.00 bits per heavy atom. The van der Waals surface area contributed by atoms with Gasteiger partial charge < -0.3 is 14.6 Å². The summed E-state index contributed by atoms with van der Waals surface area (Å²) < 4.78 is 10.3. The SMILES string of the molecule is CCOc1cnc(-c2ccc(OC)cc2)cc1C(=O)O. The topological polar surface area (TPSA) is 68.7 Å². The van der Waals surface area contributed by atoms with Crippen molar-refractivity contribution in [1.82, 2.24) is 4.98 Å². The number of hydrogen-bond acceptors (Lipinski definition) is 4. The van der Waals surface area contributed by atoms with Gasteiger partial charge in [-0.15, -0.1) is 0 Å². The van der Waals surface area contributed by atoms with Crippen molar-refractivity contribution in [2.24, 2.45) is 0 Å². The Kier molecular flexibility index (Phi) is 4.20. The van der Waals surface area contributed by atoms with E-state index in [1.807, 2.05) is 12.1 Å². The predicted molar refractivity (Wildman–Crippen MR) is 74.4 cm³/mol. The molecular formula is C15H15NO4. The minimum absolute atomic E-state index is 0.104. The van der Waals surface area contributed by atoms with Gasteiger partial charge in [0.1, 0.15) is 11.3 Å². The smallest absolute Gasteiger partial charge is 0.339 e. The van der Waals surface area contributed by atoms with Gasteiger partial charge in [0.05, 0.1) is 25.6 Å². The molecule has 0 atom stereocenters. The molecule has 0 radical (unpaired) electrons. The van der Waals surface area contributed by atoms with Gasteiger partial charge in [0, 0.05) is 5.56 Å². The molecule has 0 spiro atoms. The predicted octanol–water partition coefficient (Wildman–Crippen LogP) is 2.85. The van der Waals surface area contributed by atoms with Crippen LogP contribution in [-0.2, 0) is 0 Å². The fourth-order valence-corrected chi connectivity index (χ4v) is 1.80. The van der Waals surface area contributed by atoms with E-state index in [4.69, 9.17) is 9.47 Å². The van der Waals surface area contributed by atoms with E-state index in [2.05, 4.69) is 4.98 Å². The molecule has 1 aromatic heterocycles. The number of carboxylic acid groups (broad SMARTS) is 1. The van der Waals surface area contributed by atoms with Crippen molar-refractivity contribution in [2.75, 3.05) is 13.7 Å². The van der Waals surface area contributed by atoms with Crippen LogP contribution < -0.4 is 9.47 Å². The molecule has 0 aliphatic rings. The summed E-state index contributed by atoms with van der Waals surface area (Å²) in [5.74, 6) is -0.0268. The van der Waals surface area contributed by atoms with Crippen LogP contribution in [0.2, 0.25) is 0 Å². The van der Waals surface area contributed by atoms with Crippen LogP contribution in [0.4, 0.5) is 0 Å². The molecule has 2 aromatic rings. The first-order chi connectivity index (χ1) is 9.65. The minimum Gasteiger partial charge on any atom is -0.497 e. The summed E-state index contributed by atoms with van der Waals surface area (Å²) in [5, 5.41) is 9.22. The lowest BCUT2D eigenvalue weighted by molar-refractivity contribution is 0.0692. The molecule has 5 heteroatoms. The lowest BCUT2D eigenvalue weighted by atomic mass is 10.1. The average Bonchev–Trinajstić information content (AvgIpc) is 2.48. The number of aromatic carboxylic acids is 1. The molecule has 20 heavy (non-hydrogen) atoms. The number of ether oxygens (including phenoxy) is 2. The number of benzene rings is 1. The van der Waals surface area contributed by atoms with E-state index in [1.165, 1.54) is 12.3 Å². The molecule has 0 fully saturated rings. The maximum atomic E-state index is 11.3. The summed E-state index contributed by atoms with van der Waals surface area (Å²) in [7, 11) is 1.59. The van der Waals surface area contributed by atoms with Crippen molar-refractivity contribution in [3.05, 3.63) is 42.1 Å². The molecule has 0 aliphatic carbocycles. The van der Waals surface area contributed by atoms with E-state index < -0.39 is 5.97 Å². The quantitative estimate of drug-likeness (QED) is 0.907. The number of hydrogen-bond donors (Lipinski definition) is 1. The molecule has 5 nitrogen and oxygen atoms in total. The third kappa shape index (κ3) is 2.88. The molecule has 0 amide bonds. The number of carbonyl (C=O) groups is 1. The van der Waals surface area contributed by atoms with E-state index in [9.17, 15) is 9.90 Å².